The number of methoxy groups -OCH3 is 1. The zero-order valence-corrected chi connectivity index (χ0v) is 13.9. The summed E-state index contributed by atoms with van der Waals surface area (Å²) in [6.07, 6.45) is 2.96. The Balaban J connectivity index is 2.62. The molecule has 1 aromatic carbocycles. The Morgan fingerprint density at radius 2 is 2.00 bits per heavy atom. The molecule has 0 aromatic heterocycles. The first-order valence-corrected chi connectivity index (χ1v) is 7.49. The van der Waals surface area contributed by atoms with Crippen LogP contribution in [-0.2, 0) is 9.53 Å². The third-order valence-corrected chi connectivity index (χ3v) is 4.20. The summed E-state index contributed by atoms with van der Waals surface area (Å²) in [4.78, 5) is 14.4. The summed E-state index contributed by atoms with van der Waals surface area (Å²) < 4.78 is 5.01. The van der Waals surface area contributed by atoms with E-state index in [9.17, 15) is 4.79 Å². The molecule has 0 saturated heterocycles. The highest BCUT2D eigenvalue weighted by Crippen LogP contribution is 2.41. The number of allylic oxidation sites excluding steroid dienone is 1. The number of aryl methyl sites for hydroxylation is 1. The molecule has 0 bridgehead atoms. The molecule has 1 aliphatic heterocycles. The first-order valence-electron chi connectivity index (χ1n) is 7.49. The number of carbonyl (C=O) groups is 1. The van der Waals surface area contributed by atoms with Crippen molar-refractivity contribution in [2.45, 2.75) is 52.6 Å². The van der Waals surface area contributed by atoms with E-state index in [-0.39, 0.29) is 17.6 Å². The number of esters is 1. The van der Waals surface area contributed by atoms with Crippen LogP contribution >= 0.6 is 0 Å². The Morgan fingerprint density at radius 1 is 1.33 bits per heavy atom. The predicted octanol–water partition coefficient (Wildman–Crippen LogP) is 3.95. The van der Waals surface area contributed by atoms with Gasteiger partial charge in [0.25, 0.3) is 0 Å². The minimum Gasteiger partial charge on any atom is -0.467 e. The quantitative estimate of drug-likeness (QED) is 0.788. The van der Waals surface area contributed by atoms with Gasteiger partial charge in [0.05, 0.1) is 12.6 Å². The highest BCUT2D eigenvalue weighted by atomic mass is 16.5. The van der Waals surface area contributed by atoms with Gasteiger partial charge in [0.15, 0.2) is 0 Å². The maximum absolute atomic E-state index is 12.2. The molecule has 3 heteroatoms. The van der Waals surface area contributed by atoms with E-state index in [0.717, 1.165) is 12.1 Å². The van der Waals surface area contributed by atoms with Crippen molar-refractivity contribution in [2.24, 2.45) is 0 Å². The fourth-order valence-electron chi connectivity index (χ4n) is 3.32. The summed E-state index contributed by atoms with van der Waals surface area (Å²) in [7, 11) is 1.46. The van der Waals surface area contributed by atoms with Gasteiger partial charge < -0.3 is 9.64 Å². The van der Waals surface area contributed by atoms with Crippen LogP contribution in [-0.4, -0.2) is 24.7 Å². The van der Waals surface area contributed by atoms with Gasteiger partial charge in [-0.2, -0.15) is 0 Å². The molecule has 0 amide bonds. The summed E-state index contributed by atoms with van der Waals surface area (Å²) in [6.45, 7) is 10.5. The van der Waals surface area contributed by atoms with E-state index in [2.05, 4.69) is 56.9 Å². The van der Waals surface area contributed by atoms with E-state index >= 15 is 0 Å². The number of hydrogen-bond donors (Lipinski definition) is 0. The van der Waals surface area contributed by atoms with Gasteiger partial charge in [-0.1, -0.05) is 24.6 Å². The monoisotopic (exact) mass is 287 g/mol. The zero-order valence-electron chi connectivity index (χ0n) is 13.9. The van der Waals surface area contributed by atoms with Gasteiger partial charge in [0, 0.05) is 11.3 Å². The zero-order chi connectivity index (χ0) is 15.8. The number of anilines is 1. The number of rotatable bonds is 3. The van der Waals surface area contributed by atoms with Crippen molar-refractivity contribution < 1.29 is 9.53 Å². The molecule has 0 saturated carbocycles. The number of benzene rings is 1. The Labute approximate surface area is 127 Å². The molecular weight excluding hydrogens is 262 g/mol. The van der Waals surface area contributed by atoms with Crippen LogP contribution < -0.4 is 4.90 Å². The van der Waals surface area contributed by atoms with Crippen molar-refractivity contribution in [3.05, 3.63) is 35.4 Å². The Morgan fingerprint density at radius 3 is 2.57 bits per heavy atom. The van der Waals surface area contributed by atoms with Crippen LogP contribution in [0.5, 0.6) is 0 Å². The highest BCUT2D eigenvalue weighted by molar-refractivity contribution is 5.87. The van der Waals surface area contributed by atoms with E-state index in [0.29, 0.717) is 0 Å². The maximum atomic E-state index is 12.2. The molecule has 1 aromatic rings. The molecule has 21 heavy (non-hydrogen) atoms. The van der Waals surface area contributed by atoms with Gasteiger partial charge >= 0.3 is 5.97 Å². The van der Waals surface area contributed by atoms with E-state index < -0.39 is 0 Å². The molecule has 0 N–H and O–H groups in total. The summed E-state index contributed by atoms with van der Waals surface area (Å²) in [5.41, 5.74) is 4.59. The Hall–Kier alpha value is -1.77. The lowest BCUT2D eigenvalue weighted by Crippen LogP contribution is -2.54. The van der Waals surface area contributed by atoms with Crippen molar-refractivity contribution >= 4 is 17.2 Å². The van der Waals surface area contributed by atoms with Crippen molar-refractivity contribution in [3.8, 4) is 0 Å². The van der Waals surface area contributed by atoms with Crippen molar-refractivity contribution in [1.82, 2.24) is 0 Å². The fourth-order valence-corrected chi connectivity index (χ4v) is 3.32. The van der Waals surface area contributed by atoms with Crippen LogP contribution in [0, 0.1) is 6.92 Å². The molecule has 1 atom stereocenters. The molecule has 2 rings (SSSR count). The van der Waals surface area contributed by atoms with Crippen LogP contribution in [0.1, 0.15) is 45.2 Å². The second kappa shape index (κ2) is 5.55. The Bertz CT molecular complexity index is 587. The van der Waals surface area contributed by atoms with E-state index in [1.807, 2.05) is 6.92 Å². The minimum atomic E-state index is -0.268. The number of hydrogen-bond acceptors (Lipinski definition) is 3. The first-order chi connectivity index (χ1) is 9.81. The predicted molar refractivity (Wildman–Crippen MR) is 87.5 cm³/mol. The number of carbonyl (C=O) groups excluding carboxylic acids is 1. The summed E-state index contributed by atoms with van der Waals surface area (Å²) in [6, 6.07) is 6.14. The average molecular weight is 287 g/mol. The largest absolute Gasteiger partial charge is 0.467 e. The average Bonchev–Trinajstić information content (AvgIpc) is 2.42. The van der Waals surface area contributed by atoms with Gasteiger partial charge in [-0.25, -0.2) is 4.79 Å². The van der Waals surface area contributed by atoms with Crippen LogP contribution in [0.2, 0.25) is 0 Å². The molecule has 0 fully saturated rings. The van der Waals surface area contributed by atoms with Crippen molar-refractivity contribution in [1.29, 1.82) is 0 Å². The molecule has 0 aliphatic carbocycles. The number of nitrogens with zero attached hydrogens (tertiary/aromatic N) is 1. The number of fused-ring (bicyclic) bond motifs is 1. The van der Waals surface area contributed by atoms with E-state index in [1.165, 1.54) is 23.8 Å². The lowest BCUT2D eigenvalue weighted by Gasteiger charge is -2.46. The lowest BCUT2D eigenvalue weighted by molar-refractivity contribution is -0.142. The molecule has 114 valence electrons. The van der Waals surface area contributed by atoms with Gasteiger partial charge in [0.1, 0.15) is 6.04 Å². The summed E-state index contributed by atoms with van der Waals surface area (Å²) in [5, 5.41) is 0. The standard InChI is InChI=1S/C18H25NO2/c1-7-15(17(20)21-6)19-16-9-8-12(2)10-14(16)13(3)11-18(19,4)5/h8-11,15H,7H2,1-6H3/t15-/m1/s1. The second-order valence-electron chi connectivity index (χ2n) is 6.32. The topological polar surface area (TPSA) is 29.5 Å². The third-order valence-electron chi connectivity index (χ3n) is 4.20. The van der Waals surface area contributed by atoms with Crippen molar-refractivity contribution in [3.63, 3.8) is 0 Å². The van der Waals surface area contributed by atoms with Gasteiger partial charge in [-0.3, -0.25) is 0 Å². The van der Waals surface area contributed by atoms with Crippen LogP contribution in [0.15, 0.2) is 24.3 Å². The van der Waals surface area contributed by atoms with Crippen LogP contribution in [0.25, 0.3) is 5.57 Å². The lowest BCUT2D eigenvalue weighted by atomic mass is 9.86. The van der Waals surface area contributed by atoms with E-state index in [4.69, 9.17) is 4.74 Å². The smallest absolute Gasteiger partial charge is 0.328 e. The van der Waals surface area contributed by atoms with Gasteiger partial charge in [0.2, 0.25) is 0 Å². The second-order valence-corrected chi connectivity index (χ2v) is 6.32. The van der Waals surface area contributed by atoms with E-state index in [1.54, 1.807) is 0 Å². The normalized spacial score (nSPS) is 17.8. The molecule has 0 radical (unpaired) electrons. The van der Waals surface area contributed by atoms with Gasteiger partial charge in [-0.15, -0.1) is 0 Å². The molecule has 3 nitrogen and oxygen atoms in total. The van der Waals surface area contributed by atoms with Gasteiger partial charge in [-0.05, 0) is 51.8 Å². The maximum Gasteiger partial charge on any atom is 0.328 e. The fraction of sp³-hybridized carbons (Fsp3) is 0.500. The number of ether oxygens (including phenoxy) is 1. The minimum absolute atomic E-state index is 0.176. The van der Waals surface area contributed by atoms with Crippen LogP contribution in [0.3, 0.4) is 0 Å². The molecule has 1 aliphatic rings. The summed E-state index contributed by atoms with van der Waals surface area (Å²) >= 11 is 0. The Kier molecular flexibility index (Phi) is 4.13. The molecule has 0 unspecified atom stereocenters. The highest BCUT2D eigenvalue weighted by Gasteiger charge is 2.38. The third kappa shape index (κ3) is 2.69. The van der Waals surface area contributed by atoms with Crippen molar-refractivity contribution in [2.75, 3.05) is 12.0 Å². The molecule has 1 heterocycles. The SMILES string of the molecule is CC[C@H](C(=O)OC)N1c2ccc(C)cc2C(C)=CC1(C)C. The first kappa shape index (κ1) is 15.6. The molecular formula is C18H25NO2. The molecule has 0 spiro atoms. The summed E-state index contributed by atoms with van der Waals surface area (Å²) in [5.74, 6) is -0.176. The van der Waals surface area contributed by atoms with Crippen LogP contribution in [0.4, 0.5) is 5.69 Å².